The first-order valence-electron chi connectivity index (χ1n) is 8.07. The molecule has 134 valence electrons. The van der Waals surface area contributed by atoms with Gasteiger partial charge in [0.1, 0.15) is 11.6 Å². The average molecular weight is 415 g/mol. The lowest BCUT2D eigenvalue weighted by Crippen LogP contribution is -2.13. The van der Waals surface area contributed by atoms with Gasteiger partial charge in [-0.15, -0.1) is 0 Å². The molecule has 0 aliphatic heterocycles. The van der Waals surface area contributed by atoms with Gasteiger partial charge in [-0.2, -0.15) is 5.26 Å². The maximum atomic E-state index is 12.3. The maximum Gasteiger partial charge on any atom is 0.266 e. The van der Waals surface area contributed by atoms with Crippen LogP contribution in [0.15, 0.2) is 52.5 Å². The van der Waals surface area contributed by atoms with E-state index in [1.807, 2.05) is 31.2 Å². The maximum absolute atomic E-state index is 12.3. The van der Waals surface area contributed by atoms with Crippen molar-refractivity contribution in [3.05, 3.63) is 58.1 Å². The van der Waals surface area contributed by atoms with Gasteiger partial charge < -0.3 is 14.8 Å². The van der Waals surface area contributed by atoms with Crippen LogP contribution in [-0.2, 0) is 4.79 Å². The average Bonchev–Trinajstić information content (AvgIpc) is 2.66. The molecule has 0 unspecified atom stereocenters. The number of methoxy groups -OCH3 is 1. The summed E-state index contributed by atoms with van der Waals surface area (Å²) in [5.41, 5.74) is 1.25. The number of carbonyl (C=O) groups excluding carboxylic acids is 1. The van der Waals surface area contributed by atoms with Crippen molar-refractivity contribution >= 4 is 33.6 Å². The van der Waals surface area contributed by atoms with E-state index in [9.17, 15) is 10.1 Å². The number of benzene rings is 2. The van der Waals surface area contributed by atoms with Gasteiger partial charge in [-0.1, -0.05) is 41.1 Å². The fourth-order valence-electron chi connectivity index (χ4n) is 2.17. The molecular weight excluding hydrogens is 396 g/mol. The normalized spacial score (nSPS) is 10.8. The minimum Gasteiger partial charge on any atom is -0.493 e. The van der Waals surface area contributed by atoms with Gasteiger partial charge in [0.2, 0.25) is 0 Å². The van der Waals surface area contributed by atoms with Gasteiger partial charge in [-0.3, -0.25) is 4.79 Å². The summed E-state index contributed by atoms with van der Waals surface area (Å²) in [7, 11) is 1.54. The van der Waals surface area contributed by atoms with Crippen LogP contribution in [0.3, 0.4) is 0 Å². The molecule has 6 heteroatoms. The summed E-state index contributed by atoms with van der Waals surface area (Å²) in [6.07, 6.45) is 2.38. The van der Waals surface area contributed by atoms with Crippen molar-refractivity contribution in [1.82, 2.24) is 0 Å². The molecular formula is C20H19BrN2O3. The van der Waals surface area contributed by atoms with Crippen LogP contribution in [0, 0.1) is 11.3 Å². The Hall–Kier alpha value is -2.78. The smallest absolute Gasteiger partial charge is 0.266 e. The van der Waals surface area contributed by atoms with Crippen molar-refractivity contribution in [3.8, 4) is 17.6 Å². The number of hydrogen-bond acceptors (Lipinski definition) is 4. The highest BCUT2D eigenvalue weighted by Gasteiger charge is 2.13. The number of amides is 1. The van der Waals surface area contributed by atoms with Crippen LogP contribution in [0.4, 0.5) is 5.69 Å². The van der Waals surface area contributed by atoms with E-state index in [4.69, 9.17) is 9.47 Å². The summed E-state index contributed by atoms with van der Waals surface area (Å²) in [6, 6.07) is 14.4. The molecule has 0 bridgehead atoms. The fourth-order valence-corrected chi connectivity index (χ4v) is 2.61. The summed E-state index contributed by atoms with van der Waals surface area (Å²) in [6.45, 7) is 2.59. The van der Waals surface area contributed by atoms with Gasteiger partial charge in [0, 0.05) is 10.2 Å². The third kappa shape index (κ3) is 5.11. The molecule has 1 N–H and O–H groups in total. The molecule has 2 aromatic carbocycles. The van der Waals surface area contributed by atoms with E-state index in [-0.39, 0.29) is 5.57 Å². The summed E-state index contributed by atoms with van der Waals surface area (Å²) < 4.78 is 11.7. The first-order valence-corrected chi connectivity index (χ1v) is 8.86. The van der Waals surface area contributed by atoms with E-state index in [2.05, 4.69) is 21.2 Å². The summed E-state index contributed by atoms with van der Waals surface area (Å²) in [5, 5.41) is 12.1. The lowest BCUT2D eigenvalue weighted by atomic mass is 10.1. The Balaban J connectivity index is 2.30. The lowest BCUT2D eigenvalue weighted by molar-refractivity contribution is -0.112. The summed E-state index contributed by atoms with van der Waals surface area (Å²) >= 11 is 3.45. The zero-order valence-electron chi connectivity index (χ0n) is 14.6. The van der Waals surface area contributed by atoms with Crippen LogP contribution in [0.25, 0.3) is 6.08 Å². The topological polar surface area (TPSA) is 71.3 Å². The highest BCUT2D eigenvalue weighted by molar-refractivity contribution is 9.10. The standard InChI is InChI=1S/C20H19BrN2O3/c1-3-9-26-19-12-17(21)14(11-18(19)25-2)10-15(13-22)20(24)23-16-7-5-4-6-8-16/h4-8,10-12H,3,9H2,1-2H3,(H,23,24)/b15-10+. The summed E-state index contributed by atoms with van der Waals surface area (Å²) in [4.78, 5) is 12.3. The minimum absolute atomic E-state index is 0.0150. The Bertz CT molecular complexity index is 842. The van der Waals surface area contributed by atoms with E-state index in [1.165, 1.54) is 6.08 Å². The van der Waals surface area contributed by atoms with Crippen LogP contribution in [0.2, 0.25) is 0 Å². The van der Waals surface area contributed by atoms with E-state index in [0.29, 0.717) is 33.8 Å². The van der Waals surface area contributed by atoms with Crippen LogP contribution in [0.5, 0.6) is 11.5 Å². The monoisotopic (exact) mass is 414 g/mol. The third-order valence-electron chi connectivity index (χ3n) is 3.44. The first kappa shape index (κ1) is 19.5. The third-order valence-corrected chi connectivity index (χ3v) is 4.13. The van der Waals surface area contributed by atoms with Gasteiger partial charge >= 0.3 is 0 Å². The number of carbonyl (C=O) groups is 1. The second kappa shape index (κ2) is 9.64. The molecule has 0 radical (unpaired) electrons. The van der Waals surface area contributed by atoms with Gasteiger partial charge in [0.25, 0.3) is 5.91 Å². The highest BCUT2D eigenvalue weighted by Crippen LogP contribution is 2.34. The molecule has 2 rings (SSSR count). The van der Waals surface area contributed by atoms with E-state index in [0.717, 1.165) is 6.42 Å². The molecule has 1 amide bonds. The number of halogens is 1. The Morgan fingerprint density at radius 1 is 1.27 bits per heavy atom. The predicted molar refractivity (Wildman–Crippen MR) is 105 cm³/mol. The zero-order valence-corrected chi connectivity index (χ0v) is 16.2. The number of rotatable bonds is 7. The molecule has 0 heterocycles. The van der Waals surface area contributed by atoms with Crippen LogP contribution in [-0.4, -0.2) is 19.6 Å². The summed E-state index contributed by atoms with van der Waals surface area (Å²) in [5.74, 6) is 0.662. The molecule has 0 spiro atoms. The Morgan fingerprint density at radius 3 is 2.62 bits per heavy atom. The molecule has 0 atom stereocenters. The molecule has 26 heavy (non-hydrogen) atoms. The van der Waals surface area contributed by atoms with Crippen molar-refractivity contribution in [1.29, 1.82) is 5.26 Å². The minimum atomic E-state index is -0.476. The van der Waals surface area contributed by atoms with Gasteiger partial charge in [-0.25, -0.2) is 0 Å². The quantitative estimate of drug-likeness (QED) is 0.521. The molecule has 0 aliphatic carbocycles. The number of nitrogens with zero attached hydrogens (tertiary/aromatic N) is 1. The van der Waals surface area contributed by atoms with Crippen molar-refractivity contribution in [2.24, 2.45) is 0 Å². The number of para-hydroxylation sites is 1. The Kier molecular flexibility index (Phi) is 7.24. The largest absolute Gasteiger partial charge is 0.493 e. The second-order valence-electron chi connectivity index (χ2n) is 5.36. The molecule has 2 aromatic rings. The van der Waals surface area contributed by atoms with Crippen LogP contribution >= 0.6 is 15.9 Å². The van der Waals surface area contributed by atoms with E-state index in [1.54, 1.807) is 31.4 Å². The predicted octanol–water partition coefficient (Wildman–Crippen LogP) is 4.79. The van der Waals surface area contributed by atoms with E-state index >= 15 is 0 Å². The lowest BCUT2D eigenvalue weighted by Gasteiger charge is -2.12. The van der Waals surface area contributed by atoms with Gasteiger partial charge in [0.05, 0.1) is 13.7 Å². The number of nitrogens with one attached hydrogen (secondary N) is 1. The molecule has 0 aliphatic rings. The molecule has 0 aromatic heterocycles. The molecule has 0 saturated heterocycles. The Labute approximate surface area is 161 Å². The fraction of sp³-hybridized carbons (Fsp3) is 0.200. The highest BCUT2D eigenvalue weighted by atomic mass is 79.9. The SMILES string of the molecule is CCCOc1cc(Br)c(/C=C(\C#N)C(=O)Nc2ccccc2)cc1OC. The van der Waals surface area contributed by atoms with E-state index < -0.39 is 5.91 Å². The molecule has 0 fully saturated rings. The van der Waals surface area contributed by atoms with Crippen molar-refractivity contribution in [3.63, 3.8) is 0 Å². The number of ether oxygens (including phenoxy) is 2. The van der Waals surface area contributed by atoms with Crippen molar-refractivity contribution in [2.75, 3.05) is 19.0 Å². The molecule has 0 saturated carbocycles. The van der Waals surface area contributed by atoms with Gasteiger partial charge in [-0.05, 0) is 42.3 Å². The Morgan fingerprint density at radius 2 is 2.00 bits per heavy atom. The molecule has 5 nitrogen and oxygen atoms in total. The van der Waals surface area contributed by atoms with Crippen LogP contribution < -0.4 is 14.8 Å². The second-order valence-corrected chi connectivity index (χ2v) is 6.22. The van der Waals surface area contributed by atoms with Crippen molar-refractivity contribution in [2.45, 2.75) is 13.3 Å². The number of hydrogen-bond donors (Lipinski definition) is 1. The van der Waals surface area contributed by atoms with Crippen molar-refractivity contribution < 1.29 is 14.3 Å². The first-order chi connectivity index (χ1) is 12.6. The van der Waals surface area contributed by atoms with Crippen LogP contribution in [0.1, 0.15) is 18.9 Å². The number of nitriles is 1. The van der Waals surface area contributed by atoms with Gasteiger partial charge in [0.15, 0.2) is 11.5 Å². The zero-order chi connectivity index (χ0) is 18.9. The number of anilines is 1.